The molecule has 1 unspecified atom stereocenters. The van der Waals surface area contributed by atoms with E-state index in [1.807, 2.05) is 10.6 Å². The number of tetrazole rings is 1. The normalized spacial score (nSPS) is 18.5. The fourth-order valence-corrected chi connectivity index (χ4v) is 5.56. The number of likely N-dealkylation sites (tertiary alicyclic amines) is 1. The van der Waals surface area contributed by atoms with Gasteiger partial charge in [-0.1, -0.05) is 30.3 Å². The highest BCUT2D eigenvalue weighted by atomic mass is 35.5. The van der Waals surface area contributed by atoms with Gasteiger partial charge in [-0.05, 0) is 97.5 Å². The van der Waals surface area contributed by atoms with Crippen LogP contribution in [0.15, 0.2) is 60.7 Å². The molecule has 182 valence electrons. The van der Waals surface area contributed by atoms with E-state index < -0.39 is 0 Å². The monoisotopic (exact) mass is 508 g/mol. The second kappa shape index (κ2) is 10.4. The summed E-state index contributed by atoms with van der Waals surface area (Å²) < 4.78 is 1.83. The first-order chi connectivity index (χ1) is 16.2. The Kier molecular flexibility index (Phi) is 7.55. The molecule has 0 spiro atoms. The van der Waals surface area contributed by atoms with Gasteiger partial charge >= 0.3 is 0 Å². The molecule has 5 aromatic rings. The maximum Gasteiger partial charge on any atom is 0.179 e. The van der Waals surface area contributed by atoms with Crippen LogP contribution >= 0.6 is 24.8 Å². The lowest BCUT2D eigenvalue weighted by molar-refractivity contribution is 0.149. The third-order valence-electron chi connectivity index (χ3n) is 7.32. The molecular weight excluding hydrogens is 479 g/mol. The molecule has 2 aromatic carbocycles. The summed E-state index contributed by atoms with van der Waals surface area (Å²) in [7, 11) is 0. The van der Waals surface area contributed by atoms with Crippen molar-refractivity contribution in [1.82, 2.24) is 29.9 Å². The Balaban J connectivity index is 0.00000144. The molecule has 0 bridgehead atoms. The second-order valence-electron chi connectivity index (χ2n) is 9.36. The van der Waals surface area contributed by atoms with Crippen LogP contribution in [0.3, 0.4) is 0 Å². The predicted molar refractivity (Wildman–Crippen MR) is 146 cm³/mol. The molecule has 1 aliphatic rings. The van der Waals surface area contributed by atoms with Gasteiger partial charge < -0.3 is 4.90 Å². The zero-order valence-corrected chi connectivity index (χ0v) is 21.6. The summed E-state index contributed by atoms with van der Waals surface area (Å²) in [5.41, 5.74) is 6.88. The van der Waals surface area contributed by atoms with Gasteiger partial charge in [0.1, 0.15) is 0 Å². The smallest absolute Gasteiger partial charge is 0.179 e. The largest absolute Gasteiger partial charge is 0.300 e. The van der Waals surface area contributed by atoms with Crippen molar-refractivity contribution in [1.29, 1.82) is 0 Å². The van der Waals surface area contributed by atoms with E-state index >= 15 is 0 Å². The van der Waals surface area contributed by atoms with Crippen molar-refractivity contribution >= 4 is 52.3 Å². The van der Waals surface area contributed by atoms with Crippen LogP contribution in [0.2, 0.25) is 0 Å². The summed E-state index contributed by atoms with van der Waals surface area (Å²) in [5.74, 6) is 0.593. The molecule has 0 amide bonds. The van der Waals surface area contributed by atoms with E-state index in [1.165, 1.54) is 34.7 Å². The molecule has 0 radical (unpaired) electrons. The number of benzene rings is 2. The van der Waals surface area contributed by atoms with Gasteiger partial charge in [-0.2, -0.15) is 4.52 Å². The number of hydrogen-bond acceptors (Lipinski definition) is 5. The van der Waals surface area contributed by atoms with Gasteiger partial charge in [0, 0.05) is 29.1 Å². The number of hydrogen-bond donors (Lipinski definition) is 0. The molecule has 1 saturated heterocycles. The van der Waals surface area contributed by atoms with Crippen LogP contribution in [0, 0.1) is 6.92 Å². The number of piperidine rings is 1. The first-order valence-electron chi connectivity index (χ1n) is 11.9. The van der Waals surface area contributed by atoms with Crippen molar-refractivity contribution in [3.8, 4) is 0 Å². The lowest BCUT2D eigenvalue weighted by Crippen LogP contribution is -2.41. The molecule has 4 heterocycles. The first kappa shape index (κ1) is 25.3. The minimum Gasteiger partial charge on any atom is -0.300 e. The number of aromatic nitrogens is 5. The minimum atomic E-state index is 0. The highest BCUT2D eigenvalue weighted by molar-refractivity contribution is 5.86. The van der Waals surface area contributed by atoms with Gasteiger partial charge in [0.2, 0.25) is 0 Å². The van der Waals surface area contributed by atoms with Crippen molar-refractivity contribution in [3.05, 3.63) is 77.5 Å². The molecule has 1 aliphatic heterocycles. The summed E-state index contributed by atoms with van der Waals surface area (Å²) in [6.45, 7) is 6.64. The molecule has 0 N–H and O–H groups in total. The first-order valence-corrected chi connectivity index (χ1v) is 11.9. The van der Waals surface area contributed by atoms with E-state index in [1.54, 1.807) is 0 Å². The van der Waals surface area contributed by atoms with Gasteiger partial charge in [-0.15, -0.1) is 29.9 Å². The Hall–Kier alpha value is -2.80. The van der Waals surface area contributed by atoms with Gasteiger partial charge in [0.05, 0.1) is 11.0 Å². The molecule has 0 aliphatic carbocycles. The molecule has 8 heteroatoms. The third kappa shape index (κ3) is 4.70. The van der Waals surface area contributed by atoms with Crippen molar-refractivity contribution in [2.24, 2.45) is 0 Å². The minimum absolute atomic E-state index is 0. The molecule has 6 nitrogen and oxygen atoms in total. The standard InChI is InChI=1S/C27H28N6.2ClH/c1-18-9-10-24-22(6-4-7-25(24)28-18)21-14-16-32(19(2)17-21)15-13-20-5-3-8-26-23(20)11-12-27-29-30-31-33(26)27;;/h3-12,19,21H,13-17H2,1-2H3;2*1H/t19-,21?;;/m1../s1. The number of halogens is 2. The molecule has 35 heavy (non-hydrogen) atoms. The topological polar surface area (TPSA) is 59.2 Å². The van der Waals surface area contributed by atoms with Crippen LogP contribution in [-0.4, -0.2) is 49.1 Å². The van der Waals surface area contributed by atoms with E-state index in [2.05, 4.69) is 88.9 Å². The molecular formula is C27H30Cl2N6. The Morgan fingerprint density at radius 3 is 2.63 bits per heavy atom. The summed E-state index contributed by atoms with van der Waals surface area (Å²) in [6, 6.07) is 22.2. The Bertz CT molecular complexity index is 1470. The number of fused-ring (bicyclic) bond motifs is 4. The molecule has 3 aromatic heterocycles. The quantitative estimate of drug-likeness (QED) is 0.307. The molecule has 6 rings (SSSR count). The number of aryl methyl sites for hydroxylation is 1. The summed E-state index contributed by atoms with van der Waals surface area (Å²) in [6.07, 6.45) is 3.41. The van der Waals surface area contributed by atoms with Gasteiger partial charge in [-0.25, -0.2) is 0 Å². The average molecular weight is 509 g/mol. The fourth-order valence-electron chi connectivity index (χ4n) is 5.56. The average Bonchev–Trinajstić information content (AvgIpc) is 3.32. The Morgan fingerprint density at radius 2 is 1.77 bits per heavy atom. The van der Waals surface area contributed by atoms with Crippen LogP contribution in [0.1, 0.15) is 42.5 Å². The van der Waals surface area contributed by atoms with Gasteiger partial charge in [0.15, 0.2) is 5.65 Å². The van der Waals surface area contributed by atoms with Gasteiger partial charge in [-0.3, -0.25) is 4.98 Å². The van der Waals surface area contributed by atoms with Gasteiger partial charge in [0.25, 0.3) is 0 Å². The highest BCUT2D eigenvalue weighted by Crippen LogP contribution is 2.35. The van der Waals surface area contributed by atoms with Crippen LogP contribution in [0.5, 0.6) is 0 Å². The van der Waals surface area contributed by atoms with E-state index in [0.717, 1.165) is 41.9 Å². The Morgan fingerprint density at radius 1 is 0.943 bits per heavy atom. The van der Waals surface area contributed by atoms with E-state index in [4.69, 9.17) is 4.98 Å². The third-order valence-corrected chi connectivity index (χ3v) is 7.32. The Labute approximate surface area is 217 Å². The van der Waals surface area contributed by atoms with E-state index in [9.17, 15) is 0 Å². The fraction of sp³-hybridized carbons (Fsp3) is 0.333. The second-order valence-corrected chi connectivity index (χ2v) is 9.36. The van der Waals surface area contributed by atoms with Crippen molar-refractivity contribution in [3.63, 3.8) is 0 Å². The maximum absolute atomic E-state index is 4.74. The molecule has 2 atom stereocenters. The van der Waals surface area contributed by atoms with E-state index in [-0.39, 0.29) is 24.8 Å². The summed E-state index contributed by atoms with van der Waals surface area (Å²) in [4.78, 5) is 7.40. The highest BCUT2D eigenvalue weighted by Gasteiger charge is 2.27. The van der Waals surface area contributed by atoms with Crippen LogP contribution in [0.4, 0.5) is 0 Å². The van der Waals surface area contributed by atoms with Crippen LogP contribution < -0.4 is 0 Å². The number of nitrogens with zero attached hydrogens (tertiary/aromatic N) is 6. The number of pyridine rings is 2. The lowest BCUT2D eigenvalue weighted by Gasteiger charge is -2.38. The van der Waals surface area contributed by atoms with Crippen molar-refractivity contribution in [2.75, 3.05) is 13.1 Å². The molecule has 0 saturated carbocycles. The maximum atomic E-state index is 4.74. The summed E-state index contributed by atoms with van der Waals surface area (Å²) in [5, 5.41) is 14.6. The zero-order valence-electron chi connectivity index (χ0n) is 20.0. The number of rotatable bonds is 4. The van der Waals surface area contributed by atoms with Crippen LogP contribution in [0.25, 0.3) is 27.5 Å². The van der Waals surface area contributed by atoms with Crippen molar-refractivity contribution in [2.45, 2.75) is 45.1 Å². The van der Waals surface area contributed by atoms with E-state index in [0.29, 0.717) is 12.0 Å². The lowest BCUT2D eigenvalue weighted by atomic mass is 9.84. The summed E-state index contributed by atoms with van der Waals surface area (Å²) >= 11 is 0. The molecule has 1 fully saturated rings. The van der Waals surface area contributed by atoms with Crippen molar-refractivity contribution < 1.29 is 0 Å². The van der Waals surface area contributed by atoms with Crippen LogP contribution in [-0.2, 0) is 6.42 Å². The zero-order chi connectivity index (χ0) is 22.4. The SMILES string of the molecule is Cc1ccc2c(C3CCN(CCc4cccc5c4ccc4nnnn45)[C@H](C)C3)cccc2n1.Cl.Cl. The predicted octanol–water partition coefficient (Wildman–Crippen LogP) is 5.79.